The molecule has 156 valence electrons. The Labute approximate surface area is 176 Å². The van der Waals surface area contributed by atoms with Crippen molar-refractivity contribution in [3.63, 3.8) is 0 Å². The van der Waals surface area contributed by atoms with Gasteiger partial charge in [0.05, 0.1) is 6.04 Å². The number of nitrogens with one attached hydrogen (secondary N) is 1. The molecule has 1 atom stereocenters. The van der Waals surface area contributed by atoms with Crippen LogP contribution in [0.2, 0.25) is 0 Å². The van der Waals surface area contributed by atoms with Gasteiger partial charge < -0.3 is 9.80 Å². The van der Waals surface area contributed by atoms with E-state index in [2.05, 4.69) is 9.62 Å². The lowest BCUT2D eigenvalue weighted by atomic mass is 10.0. The van der Waals surface area contributed by atoms with E-state index in [0.29, 0.717) is 12.2 Å². The summed E-state index contributed by atoms with van der Waals surface area (Å²) in [5.74, 6) is -0.892. The number of carbonyl (C=O) groups excluding carboxylic acids is 1. The number of carbonyl (C=O) groups is 1. The second kappa shape index (κ2) is 8.36. The van der Waals surface area contributed by atoms with Crippen LogP contribution in [0, 0.1) is 0 Å². The number of anilines is 2. The summed E-state index contributed by atoms with van der Waals surface area (Å²) in [5, 5.41) is 2.03. The number of piperidine rings is 1. The van der Waals surface area contributed by atoms with E-state index in [0.717, 1.165) is 30.8 Å². The third-order valence-corrected chi connectivity index (χ3v) is 7.94. The summed E-state index contributed by atoms with van der Waals surface area (Å²) < 4.78 is 27.7. The molecule has 2 aliphatic rings. The van der Waals surface area contributed by atoms with E-state index in [4.69, 9.17) is 0 Å². The Kier molecular flexibility index (Phi) is 5.83. The smallest absolute Gasteiger partial charge is 0.241 e. The van der Waals surface area contributed by atoms with E-state index in [1.54, 1.807) is 28.4 Å². The lowest BCUT2D eigenvalue weighted by Crippen LogP contribution is -2.42. The predicted molar refractivity (Wildman–Crippen MR) is 118 cm³/mol. The van der Waals surface area contributed by atoms with Crippen molar-refractivity contribution in [2.45, 2.75) is 38.6 Å². The van der Waals surface area contributed by atoms with Crippen LogP contribution in [0.25, 0.3) is 0 Å². The Balaban J connectivity index is 1.38. The van der Waals surface area contributed by atoms with Gasteiger partial charge in [-0.05, 0) is 73.9 Å². The maximum atomic E-state index is 12.7. The van der Waals surface area contributed by atoms with Gasteiger partial charge in [-0.1, -0.05) is 0 Å². The summed E-state index contributed by atoms with van der Waals surface area (Å²) in [6, 6.07) is 9.36. The number of amides is 1. The largest absolute Gasteiger partial charge is 0.372 e. The van der Waals surface area contributed by atoms with E-state index in [1.165, 1.54) is 24.1 Å². The molecule has 0 unspecified atom stereocenters. The molecule has 6 nitrogen and oxygen atoms in total. The highest BCUT2D eigenvalue weighted by atomic mass is 32.2. The molecule has 0 spiro atoms. The highest BCUT2D eigenvalue weighted by Crippen LogP contribution is 2.33. The number of nitrogens with zero attached hydrogens (tertiary/aromatic N) is 2. The van der Waals surface area contributed by atoms with E-state index < -0.39 is 15.8 Å². The molecule has 1 amide bonds. The number of benzene rings is 1. The van der Waals surface area contributed by atoms with Gasteiger partial charge in [0.1, 0.15) is 5.75 Å². The number of fused-ring (bicyclic) bond motifs is 1. The zero-order valence-electron chi connectivity index (χ0n) is 16.6. The fourth-order valence-electron chi connectivity index (χ4n) is 4.20. The topological polar surface area (TPSA) is 69.7 Å². The Morgan fingerprint density at radius 1 is 1.10 bits per heavy atom. The van der Waals surface area contributed by atoms with E-state index >= 15 is 0 Å². The van der Waals surface area contributed by atoms with Crippen LogP contribution in [-0.4, -0.2) is 44.6 Å². The Morgan fingerprint density at radius 2 is 1.83 bits per heavy atom. The fourth-order valence-corrected chi connectivity index (χ4v) is 6.22. The molecule has 4 rings (SSSR count). The molecule has 1 saturated heterocycles. The minimum atomic E-state index is -3.76. The van der Waals surface area contributed by atoms with Crippen molar-refractivity contribution in [3.8, 4) is 0 Å². The van der Waals surface area contributed by atoms with Crippen molar-refractivity contribution in [1.82, 2.24) is 4.90 Å². The maximum absolute atomic E-state index is 12.7. The summed E-state index contributed by atoms with van der Waals surface area (Å²) in [4.78, 5) is 18.0. The minimum absolute atomic E-state index is 0.0865. The molecular formula is C21H27N3O3S2. The lowest BCUT2D eigenvalue weighted by molar-refractivity contribution is -0.130. The monoisotopic (exact) mass is 433 g/mol. The molecule has 3 heterocycles. The minimum Gasteiger partial charge on any atom is -0.372 e. The quantitative estimate of drug-likeness (QED) is 0.782. The zero-order chi connectivity index (χ0) is 20.4. The third kappa shape index (κ3) is 4.59. The SMILES string of the molecule is C[C@@H]1c2ccsc2CCN1C(=O)CS(=O)(=O)Nc1ccc(N2CCCCC2)cc1. The first-order valence-electron chi connectivity index (χ1n) is 10.1. The molecular weight excluding hydrogens is 406 g/mol. The molecule has 0 aliphatic carbocycles. The van der Waals surface area contributed by atoms with Crippen LogP contribution in [-0.2, 0) is 21.2 Å². The average Bonchev–Trinajstić information content (AvgIpc) is 3.18. The summed E-state index contributed by atoms with van der Waals surface area (Å²) >= 11 is 1.70. The molecule has 29 heavy (non-hydrogen) atoms. The Morgan fingerprint density at radius 3 is 2.55 bits per heavy atom. The van der Waals surface area contributed by atoms with E-state index in [9.17, 15) is 13.2 Å². The maximum Gasteiger partial charge on any atom is 0.241 e. The molecule has 0 radical (unpaired) electrons. The molecule has 0 saturated carbocycles. The summed E-state index contributed by atoms with van der Waals surface area (Å²) in [7, 11) is -3.76. The highest BCUT2D eigenvalue weighted by molar-refractivity contribution is 7.93. The summed E-state index contributed by atoms with van der Waals surface area (Å²) in [6.45, 7) is 4.61. The van der Waals surface area contributed by atoms with E-state index in [-0.39, 0.29) is 11.9 Å². The first-order chi connectivity index (χ1) is 13.9. The van der Waals surface area contributed by atoms with Gasteiger partial charge in [0.2, 0.25) is 15.9 Å². The molecule has 1 fully saturated rings. The van der Waals surface area contributed by atoms with Crippen LogP contribution >= 0.6 is 11.3 Å². The van der Waals surface area contributed by atoms with Crippen LogP contribution in [0.4, 0.5) is 11.4 Å². The van der Waals surface area contributed by atoms with Crippen molar-refractivity contribution >= 4 is 38.6 Å². The molecule has 8 heteroatoms. The van der Waals surface area contributed by atoms with Gasteiger partial charge in [-0.2, -0.15) is 0 Å². The number of sulfonamides is 1. The number of hydrogen-bond acceptors (Lipinski definition) is 5. The molecule has 2 aliphatic heterocycles. The Hall–Kier alpha value is -2.06. The third-order valence-electron chi connectivity index (χ3n) is 5.77. The van der Waals surface area contributed by atoms with Crippen LogP contribution in [0.15, 0.2) is 35.7 Å². The van der Waals surface area contributed by atoms with Crippen LogP contribution < -0.4 is 9.62 Å². The van der Waals surface area contributed by atoms with Gasteiger partial charge in [0.25, 0.3) is 0 Å². The van der Waals surface area contributed by atoms with Crippen LogP contribution in [0.1, 0.15) is 42.7 Å². The summed E-state index contributed by atoms with van der Waals surface area (Å²) in [5.41, 5.74) is 2.73. The number of thiophene rings is 1. The first-order valence-corrected chi connectivity index (χ1v) is 12.7. The number of hydrogen-bond donors (Lipinski definition) is 1. The molecule has 1 aromatic carbocycles. The van der Waals surface area contributed by atoms with Crippen molar-refractivity contribution in [2.24, 2.45) is 0 Å². The molecule has 1 N–H and O–H groups in total. The van der Waals surface area contributed by atoms with Crippen LogP contribution in [0.3, 0.4) is 0 Å². The molecule has 2 aromatic rings. The van der Waals surface area contributed by atoms with Crippen molar-refractivity contribution in [3.05, 3.63) is 46.2 Å². The first kappa shape index (κ1) is 20.2. The van der Waals surface area contributed by atoms with Crippen molar-refractivity contribution in [1.29, 1.82) is 0 Å². The normalized spacial score (nSPS) is 19.7. The van der Waals surface area contributed by atoms with Crippen molar-refractivity contribution in [2.75, 3.05) is 35.0 Å². The van der Waals surface area contributed by atoms with Crippen molar-refractivity contribution < 1.29 is 13.2 Å². The fraction of sp³-hybridized carbons (Fsp3) is 0.476. The second-order valence-electron chi connectivity index (χ2n) is 7.77. The summed E-state index contributed by atoms with van der Waals surface area (Å²) in [6.07, 6.45) is 4.44. The van der Waals surface area contributed by atoms with Gasteiger partial charge in [0.15, 0.2) is 0 Å². The Bertz CT molecular complexity index is 963. The van der Waals surface area contributed by atoms with Crippen LogP contribution in [0.5, 0.6) is 0 Å². The van der Waals surface area contributed by atoms with Gasteiger partial charge >= 0.3 is 0 Å². The van der Waals surface area contributed by atoms with Gasteiger partial charge in [-0.3, -0.25) is 9.52 Å². The number of rotatable bonds is 5. The van der Waals surface area contributed by atoms with E-state index in [1.807, 2.05) is 30.5 Å². The lowest BCUT2D eigenvalue weighted by Gasteiger charge is -2.33. The molecule has 0 bridgehead atoms. The van der Waals surface area contributed by atoms with Gasteiger partial charge in [-0.15, -0.1) is 11.3 Å². The van der Waals surface area contributed by atoms with Gasteiger partial charge in [0, 0.05) is 35.9 Å². The predicted octanol–water partition coefficient (Wildman–Crippen LogP) is 3.63. The average molecular weight is 434 g/mol. The van der Waals surface area contributed by atoms with Gasteiger partial charge in [-0.25, -0.2) is 8.42 Å². The standard InChI is InChI=1S/C21H27N3O3S2/c1-16-19-10-14-28-20(19)9-13-24(16)21(25)15-29(26,27)22-17-5-7-18(8-6-17)23-11-3-2-4-12-23/h5-8,10,14,16,22H,2-4,9,11-13,15H2,1H3/t16-/m1/s1. The zero-order valence-corrected chi connectivity index (χ0v) is 18.3. The highest BCUT2D eigenvalue weighted by Gasteiger charge is 2.30. The molecule has 1 aromatic heterocycles. The second-order valence-corrected chi connectivity index (χ2v) is 10.5.